The molecule has 0 aliphatic carbocycles. The third-order valence-corrected chi connectivity index (χ3v) is 3.15. The SMILES string of the molecule is CCC(=O)c1cccc(NC(=O)C2CCCN2)c1. The quantitative estimate of drug-likeness (QED) is 0.798. The number of Topliss-reactive ketones (excluding diaryl/α,β-unsaturated/α-hetero) is 1. The molecule has 96 valence electrons. The van der Waals surface area contributed by atoms with Gasteiger partial charge in [-0.2, -0.15) is 0 Å². The highest BCUT2D eigenvalue weighted by Gasteiger charge is 2.21. The van der Waals surface area contributed by atoms with Crippen molar-refractivity contribution in [2.45, 2.75) is 32.2 Å². The van der Waals surface area contributed by atoms with Crippen LogP contribution in [0.5, 0.6) is 0 Å². The molecule has 1 aliphatic heterocycles. The minimum absolute atomic E-state index is 0.0198. The van der Waals surface area contributed by atoms with E-state index in [2.05, 4.69) is 10.6 Å². The molecule has 4 heteroatoms. The van der Waals surface area contributed by atoms with Gasteiger partial charge < -0.3 is 10.6 Å². The summed E-state index contributed by atoms with van der Waals surface area (Å²) in [5.74, 6) is 0.0682. The summed E-state index contributed by atoms with van der Waals surface area (Å²) < 4.78 is 0. The van der Waals surface area contributed by atoms with Gasteiger partial charge in [0.1, 0.15) is 0 Å². The smallest absolute Gasteiger partial charge is 0.241 e. The number of anilines is 1. The van der Waals surface area contributed by atoms with Crippen LogP contribution in [0.3, 0.4) is 0 Å². The van der Waals surface area contributed by atoms with Crippen LogP contribution in [-0.4, -0.2) is 24.3 Å². The monoisotopic (exact) mass is 246 g/mol. The van der Waals surface area contributed by atoms with Gasteiger partial charge in [0.2, 0.25) is 5.91 Å². The minimum atomic E-state index is -0.101. The van der Waals surface area contributed by atoms with Crippen LogP contribution in [0.1, 0.15) is 36.5 Å². The Balaban J connectivity index is 2.04. The van der Waals surface area contributed by atoms with E-state index in [0.29, 0.717) is 17.7 Å². The van der Waals surface area contributed by atoms with Gasteiger partial charge >= 0.3 is 0 Å². The van der Waals surface area contributed by atoms with Crippen LogP contribution in [0.4, 0.5) is 5.69 Å². The molecule has 1 atom stereocenters. The fraction of sp³-hybridized carbons (Fsp3) is 0.429. The third kappa shape index (κ3) is 2.96. The van der Waals surface area contributed by atoms with Crippen molar-refractivity contribution >= 4 is 17.4 Å². The number of hydrogen-bond acceptors (Lipinski definition) is 3. The molecule has 1 amide bonds. The molecule has 18 heavy (non-hydrogen) atoms. The van der Waals surface area contributed by atoms with E-state index >= 15 is 0 Å². The van der Waals surface area contributed by atoms with Crippen molar-refractivity contribution in [3.05, 3.63) is 29.8 Å². The Bertz CT molecular complexity index is 451. The first-order valence-corrected chi connectivity index (χ1v) is 6.38. The van der Waals surface area contributed by atoms with Crippen LogP contribution in [0.25, 0.3) is 0 Å². The molecular weight excluding hydrogens is 228 g/mol. The third-order valence-electron chi connectivity index (χ3n) is 3.15. The van der Waals surface area contributed by atoms with Crippen molar-refractivity contribution < 1.29 is 9.59 Å². The molecule has 0 spiro atoms. The van der Waals surface area contributed by atoms with E-state index in [1.54, 1.807) is 24.3 Å². The van der Waals surface area contributed by atoms with E-state index < -0.39 is 0 Å². The summed E-state index contributed by atoms with van der Waals surface area (Å²) in [6, 6.07) is 7.00. The maximum Gasteiger partial charge on any atom is 0.241 e. The fourth-order valence-corrected chi connectivity index (χ4v) is 2.11. The molecule has 1 aromatic carbocycles. The van der Waals surface area contributed by atoms with Gasteiger partial charge in [0.05, 0.1) is 6.04 Å². The highest BCUT2D eigenvalue weighted by atomic mass is 16.2. The van der Waals surface area contributed by atoms with Crippen molar-refractivity contribution in [1.82, 2.24) is 5.32 Å². The second-order valence-electron chi connectivity index (χ2n) is 4.50. The summed E-state index contributed by atoms with van der Waals surface area (Å²) in [7, 11) is 0. The summed E-state index contributed by atoms with van der Waals surface area (Å²) in [6.45, 7) is 2.72. The van der Waals surface area contributed by atoms with Crippen LogP contribution >= 0.6 is 0 Å². The van der Waals surface area contributed by atoms with Gasteiger partial charge in [-0.25, -0.2) is 0 Å². The Labute approximate surface area is 107 Å². The molecule has 0 bridgehead atoms. The van der Waals surface area contributed by atoms with E-state index in [9.17, 15) is 9.59 Å². The van der Waals surface area contributed by atoms with Gasteiger partial charge in [-0.3, -0.25) is 9.59 Å². The molecule has 1 saturated heterocycles. The zero-order chi connectivity index (χ0) is 13.0. The Hall–Kier alpha value is -1.68. The first-order chi connectivity index (χ1) is 8.70. The van der Waals surface area contributed by atoms with Crippen LogP contribution in [0, 0.1) is 0 Å². The number of amides is 1. The lowest BCUT2D eigenvalue weighted by atomic mass is 10.1. The maximum atomic E-state index is 11.9. The van der Waals surface area contributed by atoms with Crippen LogP contribution in [0.15, 0.2) is 24.3 Å². The van der Waals surface area contributed by atoms with E-state index in [0.717, 1.165) is 19.4 Å². The predicted octanol–water partition coefficient (Wildman–Crippen LogP) is 1.97. The number of carbonyl (C=O) groups excluding carboxylic acids is 2. The van der Waals surface area contributed by atoms with Crippen LogP contribution < -0.4 is 10.6 Å². The topological polar surface area (TPSA) is 58.2 Å². The number of benzene rings is 1. The van der Waals surface area contributed by atoms with Crippen molar-refractivity contribution in [3.63, 3.8) is 0 Å². The first-order valence-electron chi connectivity index (χ1n) is 6.38. The van der Waals surface area contributed by atoms with Gasteiger partial charge in [0.15, 0.2) is 5.78 Å². The van der Waals surface area contributed by atoms with Crippen molar-refractivity contribution in [3.8, 4) is 0 Å². The average molecular weight is 246 g/mol. The predicted molar refractivity (Wildman–Crippen MR) is 70.7 cm³/mol. The van der Waals surface area contributed by atoms with E-state index in [1.165, 1.54) is 0 Å². The largest absolute Gasteiger partial charge is 0.325 e. The summed E-state index contributed by atoms with van der Waals surface area (Å²) in [5.41, 5.74) is 1.34. The molecule has 1 unspecified atom stereocenters. The molecule has 0 radical (unpaired) electrons. The highest BCUT2D eigenvalue weighted by Crippen LogP contribution is 2.14. The lowest BCUT2D eigenvalue weighted by molar-refractivity contribution is -0.117. The van der Waals surface area contributed by atoms with Gasteiger partial charge in [-0.15, -0.1) is 0 Å². The summed E-state index contributed by atoms with van der Waals surface area (Å²) in [6.07, 6.45) is 2.38. The van der Waals surface area contributed by atoms with Gasteiger partial charge in [0.25, 0.3) is 0 Å². The lowest BCUT2D eigenvalue weighted by Gasteiger charge is -2.11. The molecule has 1 aliphatic rings. The molecule has 1 heterocycles. The molecule has 4 nitrogen and oxygen atoms in total. The minimum Gasteiger partial charge on any atom is -0.325 e. The summed E-state index contributed by atoms with van der Waals surface area (Å²) >= 11 is 0. The zero-order valence-electron chi connectivity index (χ0n) is 10.5. The number of ketones is 1. The average Bonchev–Trinajstić information content (AvgIpc) is 2.92. The standard InChI is InChI=1S/C14H18N2O2/c1-2-13(17)10-5-3-6-11(9-10)16-14(18)12-7-4-8-15-12/h3,5-6,9,12,15H,2,4,7-8H2,1H3,(H,16,18). The Morgan fingerprint density at radius 3 is 2.94 bits per heavy atom. The van der Waals surface area contributed by atoms with E-state index in [-0.39, 0.29) is 17.7 Å². The normalized spacial score (nSPS) is 18.6. The van der Waals surface area contributed by atoms with Crippen LogP contribution in [0.2, 0.25) is 0 Å². The molecule has 2 rings (SSSR count). The lowest BCUT2D eigenvalue weighted by Crippen LogP contribution is -2.35. The Morgan fingerprint density at radius 2 is 2.28 bits per heavy atom. The number of nitrogens with one attached hydrogen (secondary N) is 2. The van der Waals surface area contributed by atoms with Crippen LogP contribution in [-0.2, 0) is 4.79 Å². The molecule has 0 aromatic heterocycles. The van der Waals surface area contributed by atoms with Gasteiger partial charge in [0, 0.05) is 17.7 Å². The Kier molecular flexibility index (Phi) is 4.10. The first kappa shape index (κ1) is 12.8. The van der Waals surface area contributed by atoms with Gasteiger partial charge in [-0.1, -0.05) is 19.1 Å². The van der Waals surface area contributed by atoms with E-state index in [4.69, 9.17) is 0 Å². The summed E-state index contributed by atoms with van der Waals surface area (Å²) in [5, 5.41) is 6.00. The molecule has 1 fully saturated rings. The second kappa shape index (κ2) is 5.78. The Morgan fingerprint density at radius 1 is 1.44 bits per heavy atom. The second-order valence-corrected chi connectivity index (χ2v) is 4.50. The molecule has 1 aromatic rings. The maximum absolute atomic E-state index is 11.9. The number of hydrogen-bond donors (Lipinski definition) is 2. The zero-order valence-corrected chi connectivity index (χ0v) is 10.5. The molecule has 2 N–H and O–H groups in total. The molecular formula is C14H18N2O2. The van der Waals surface area contributed by atoms with E-state index in [1.807, 2.05) is 6.92 Å². The summed E-state index contributed by atoms with van der Waals surface area (Å²) in [4.78, 5) is 23.5. The fourth-order valence-electron chi connectivity index (χ4n) is 2.11. The highest BCUT2D eigenvalue weighted by molar-refractivity contribution is 5.99. The van der Waals surface area contributed by atoms with Crippen molar-refractivity contribution in [2.24, 2.45) is 0 Å². The van der Waals surface area contributed by atoms with Gasteiger partial charge in [-0.05, 0) is 31.5 Å². The van der Waals surface area contributed by atoms with Crippen molar-refractivity contribution in [1.29, 1.82) is 0 Å². The molecule has 0 saturated carbocycles. The van der Waals surface area contributed by atoms with Crippen molar-refractivity contribution in [2.75, 3.05) is 11.9 Å². The number of rotatable bonds is 4. The number of carbonyl (C=O) groups is 2.